The Morgan fingerprint density at radius 3 is 2.53 bits per heavy atom. The van der Waals surface area contributed by atoms with Gasteiger partial charge in [-0.3, -0.25) is 0 Å². The molecule has 0 fully saturated rings. The molecule has 0 heterocycles. The summed E-state index contributed by atoms with van der Waals surface area (Å²) < 4.78 is 5.36. The van der Waals surface area contributed by atoms with Crippen molar-refractivity contribution in [1.82, 2.24) is 5.32 Å². The summed E-state index contributed by atoms with van der Waals surface area (Å²) in [6.07, 6.45) is 1.76. The van der Waals surface area contributed by atoms with Crippen LogP contribution in [0, 0.1) is 0 Å². The van der Waals surface area contributed by atoms with Gasteiger partial charge in [-0.1, -0.05) is 37.3 Å². The first kappa shape index (κ1) is 12.0. The smallest absolute Gasteiger partial charge is 0.0721 e. The van der Waals surface area contributed by atoms with Gasteiger partial charge in [0.2, 0.25) is 0 Å². The fraction of sp³-hybridized carbons (Fsp3) is 0.385. The average molecular weight is 205 g/mol. The molecule has 0 unspecified atom stereocenters. The van der Waals surface area contributed by atoms with Crippen LogP contribution in [0.2, 0.25) is 0 Å². The third-order valence-corrected chi connectivity index (χ3v) is 2.11. The van der Waals surface area contributed by atoms with Crippen molar-refractivity contribution in [1.29, 1.82) is 0 Å². The second kappa shape index (κ2) is 7.21. The van der Waals surface area contributed by atoms with Crippen molar-refractivity contribution in [2.45, 2.75) is 20.1 Å². The predicted molar refractivity (Wildman–Crippen MR) is 63.7 cm³/mol. The van der Waals surface area contributed by atoms with Gasteiger partial charge >= 0.3 is 0 Å². The molecular weight excluding hydrogens is 186 g/mol. The number of ether oxygens (including phenoxy) is 1. The maximum atomic E-state index is 5.36. The highest BCUT2D eigenvalue weighted by molar-refractivity contribution is 5.21. The second-order valence-corrected chi connectivity index (χ2v) is 3.40. The molecule has 0 bridgehead atoms. The molecule has 1 aromatic carbocycles. The lowest BCUT2D eigenvalue weighted by Crippen LogP contribution is -2.11. The minimum atomic E-state index is 0.610. The Balaban J connectivity index is 2.38. The van der Waals surface area contributed by atoms with Crippen molar-refractivity contribution in [2.24, 2.45) is 0 Å². The first-order chi connectivity index (χ1) is 7.36. The zero-order valence-corrected chi connectivity index (χ0v) is 9.33. The molecule has 2 nitrogen and oxygen atoms in total. The molecule has 1 aromatic rings. The lowest BCUT2D eigenvalue weighted by molar-refractivity contribution is 0.149. The Hall–Kier alpha value is -1.12. The second-order valence-electron chi connectivity index (χ2n) is 3.40. The topological polar surface area (TPSA) is 21.3 Å². The van der Waals surface area contributed by atoms with Crippen LogP contribution in [0.3, 0.4) is 0 Å². The van der Waals surface area contributed by atoms with Crippen LogP contribution >= 0.6 is 0 Å². The van der Waals surface area contributed by atoms with Crippen LogP contribution in [0.4, 0.5) is 0 Å². The number of hydrogen-bond acceptors (Lipinski definition) is 2. The SMILES string of the molecule is C=CCOCc1ccc(CNCC)cc1. The maximum Gasteiger partial charge on any atom is 0.0721 e. The maximum absolute atomic E-state index is 5.36. The molecule has 1 N–H and O–H groups in total. The van der Waals surface area contributed by atoms with Crippen LogP contribution in [-0.2, 0) is 17.9 Å². The van der Waals surface area contributed by atoms with Gasteiger partial charge in [0.25, 0.3) is 0 Å². The number of hydrogen-bond donors (Lipinski definition) is 1. The fourth-order valence-electron chi connectivity index (χ4n) is 1.28. The van der Waals surface area contributed by atoms with Crippen molar-refractivity contribution in [3.05, 3.63) is 48.0 Å². The molecule has 0 aliphatic carbocycles. The minimum Gasteiger partial charge on any atom is -0.373 e. The molecule has 1 rings (SSSR count). The molecule has 0 atom stereocenters. The molecule has 0 saturated heterocycles. The molecule has 0 spiro atoms. The van der Waals surface area contributed by atoms with Gasteiger partial charge in [0.15, 0.2) is 0 Å². The standard InChI is InChI=1S/C13H19NO/c1-3-9-15-11-13-7-5-12(6-8-13)10-14-4-2/h3,5-8,14H,1,4,9-11H2,2H3. The Morgan fingerprint density at radius 2 is 1.93 bits per heavy atom. The zero-order valence-electron chi connectivity index (χ0n) is 9.33. The number of nitrogens with one attached hydrogen (secondary N) is 1. The normalized spacial score (nSPS) is 10.2. The van der Waals surface area contributed by atoms with Crippen molar-refractivity contribution in [2.75, 3.05) is 13.2 Å². The summed E-state index contributed by atoms with van der Waals surface area (Å²) in [6, 6.07) is 8.48. The van der Waals surface area contributed by atoms with Gasteiger partial charge in [-0.25, -0.2) is 0 Å². The lowest BCUT2D eigenvalue weighted by atomic mass is 10.1. The van der Waals surface area contributed by atoms with Crippen molar-refractivity contribution < 1.29 is 4.74 Å². The van der Waals surface area contributed by atoms with Gasteiger partial charge in [0.05, 0.1) is 13.2 Å². The first-order valence-corrected chi connectivity index (χ1v) is 5.34. The third-order valence-electron chi connectivity index (χ3n) is 2.11. The van der Waals surface area contributed by atoms with E-state index in [1.165, 1.54) is 11.1 Å². The summed E-state index contributed by atoms with van der Waals surface area (Å²) in [5, 5.41) is 3.29. The van der Waals surface area contributed by atoms with Crippen molar-refractivity contribution >= 4 is 0 Å². The summed E-state index contributed by atoms with van der Waals surface area (Å²) in [5.41, 5.74) is 2.52. The van der Waals surface area contributed by atoms with Crippen LogP contribution < -0.4 is 5.32 Å². The summed E-state index contributed by atoms with van der Waals surface area (Å²) in [5.74, 6) is 0. The van der Waals surface area contributed by atoms with E-state index in [0.717, 1.165) is 13.1 Å². The third kappa shape index (κ3) is 4.77. The summed E-state index contributed by atoms with van der Waals surface area (Å²) in [6.45, 7) is 8.92. The molecule has 0 aliphatic heterocycles. The summed E-state index contributed by atoms with van der Waals surface area (Å²) in [4.78, 5) is 0. The highest BCUT2D eigenvalue weighted by Gasteiger charge is 1.94. The van der Waals surface area contributed by atoms with Gasteiger partial charge in [-0.15, -0.1) is 6.58 Å². The molecule has 0 radical (unpaired) electrons. The van der Waals surface area contributed by atoms with E-state index in [1.54, 1.807) is 6.08 Å². The largest absolute Gasteiger partial charge is 0.373 e. The summed E-state index contributed by atoms with van der Waals surface area (Å²) in [7, 11) is 0. The van der Waals surface area contributed by atoms with Crippen LogP contribution in [0.15, 0.2) is 36.9 Å². The summed E-state index contributed by atoms with van der Waals surface area (Å²) >= 11 is 0. The van der Waals surface area contributed by atoms with Crippen LogP contribution in [0.5, 0.6) is 0 Å². The molecule has 2 heteroatoms. The average Bonchev–Trinajstić information content (AvgIpc) is 2.28. The van der Waals surface area contributed by atoms with E-state index in [9.17, 15) is 0 Å². The Labute approximate surface area is 92.0 Å². The van der Waals surface area contributed by atoms with Crippen molar-refractivity contribution in [3.8, 4) is 0 Å². The molecule has 82 valence electrons. The van der Waals surface area contributed by atoms with E-state index in [-0.39, 0.29) is 0 Å². The van der Waals surface area contributed by atoms with E-state index in [0.29, 0.717) is 13.2 Å². The van der Waals surface area contributed by atoms with Crippen LogP contribution in [-0.4, -0.2) is 13.2 Å². The number of benzene rings is 1. The predicted octanol–water partition coefficient (Wildman–Crippen LogP) is 2.50. The fourth-order valence-corrected chi connectivity index (χ4v) is 1.28. The van der Waals surface area contributed by atoms with E-state index in [4.69, 9.17) is 4.74 Å². The van der Waals surface area contributed by atoms with Crippen molar-refractivity contribution in [3.63, 3.8) is 0 Å². The van der Waals surface area contributed by atoms with Gasteiger partial charge in [-0.05, 0) is 17.7 Å². The van der Waals surface area contributed by atoms with Crippen LogP contribution in [0.1, 0.15) is 18.1 Å². The highest BCUT2D eigenvalue weighted by atomic mass is 16.5. The lowest BCUT2D eigenvalue weighted by Gasteiger charge is -2.04. The minimum absolute atomic E-state index is 0.610. The van der Waals surface area contributed by atoms with Gasteiger partial charge in [-0.2, -0.15) is 0 Å². The van der Waals surface area contributed by atoms with Gasteiger partial charge < -0.3 is 10.1 Å². The Morgan fingerprint density at radius 1 is 1.27 bits per heavy atom. The van der Waals surface area contributed by atoms with E-state index in [2.05, 4.69) is 43.1 Å². The molecule has 0 saturated carbocycles. The highest BCUT2D eigenvalue weighted by Crippen LogP contribution is 2.05. The Bertz CT molecular complexity index is 279. The van der Waals surface area contributed by atoms with Gasteiger partial charge in [0.1, 0.15) is 0 Å². The molecule has 0 aliphatic rings. The molecular formula is C13H19NO. The van der Waals surface area contributed by atoms with E-state index < -0.39 is 0 Å². The first-order valence-electron chi connectivity index (χ1n) is 5.34. The van der Waals surface area contributed by atoms with Gasteiger partial charge in [0, 0.05) is 6.54 Å². The quantitative estimate of drug-likeness (QED) is 0.545. The number of rotatable bonds is 7. The van der Waals surface area contributed by atoms with E-state index >= 15 is 0 Å². The molecule has 0 amide bonds. The van der Waals surface area contributed by atoms with E-state index in [1.807, 2.05) is 0 Å². The monoisotopic (exact) mass is 205 g/mol. The molecule has 0 aromatic heterocycles. The zero-order chi connectivity index (χ0) is 10.9. The Kier molecular flexibility index (Phi) is 5.74. The molecule has 15 heavy (non-hydrogen) atoms. The van der Waals surface area contributed by atoms with Crippen LogP contribution in [0.25, 0.3) is 0 Å².